The number of carboxylic acid groups (broad SMARTS) is 1. The summed E-state index contributed by atoms with van der Waals surface area (Å²) in [5.74, 6) is -0.0784. The number of rotatable bonds is 8. The highest BCUT2D eigenvalue weighted by molar-refractivity contribution is 5.78. The zero-order chi connectivity index (χ0) is 12.2. The van der Waals surface area contributed by atoms with Crippen molar-refractivity contribution < 1.29 is 14.6 Å². The topological polar surface area (TPSA) is 58.6 Å². The zero-order valence-electron chi connectivity index (χ0n) is 10.5. The molecule has 0 aromatic heterocycles. The summed E-state index contributed by atoms with van der Waals surface area (Å²) < 4.78 is 5.48. The van der Waals surface area contributed by atoms with Crippen LogP contribution in [0.15, 0.2) is 0 Å². The number of nitrogens with one attached hydrogen (secondary N) is 1. The second-order valence-corrected chi connectivity index (χ2v) is 5.20. The summed E-state index contributed by atoms with van der Waals surface area (Å²) in [6.07, 6.45) is 3.04. The van der Waals surface area contributed by atoms with Crippen LogP contribution >= 0.6 is 0 Å². The van der Waals surface area contributed by atoms with Gasteiger partial charge in [0.2, 0.25) is 0 Å². The van der Waals surface area contributed by atoms with Crippen LogP contribution in [-0.2, 0) is 9.53 Å². The van der Waals surface area contributed by atoms with E-state index >= 15 is 0 Å². The van der Waals surface area contributed by atoms with Gasteiger partial charge in [-0.3, -0.25) is 10.1 Å². The van der Waals surface area contributed by atoms with Crippen molar-refractivity contribution in [1.82, 2.24) is 5.32 Å². The molecule has 16 heavy (non-hydrogen) atoms. The Hall–Kier alpha value is -0.610. The molecule has 1 aliphatic carbocycles. The first-order valence-electron chi connectivity index (χ1n) is 6.03. The van der Waals surface area contributed by atoms with Gasteiger partial charge in [0.15, 0.2) is 0 Å². The van der Waals surface area contributed by atoms with E-state index in [1.165, 1.54) is 12.8 Å². The van der Waals surface area contributed by atoms with Crippen molar-refractivity contribution in [3.63, 3.8) is 0 Å². The lowest BCUT2D eigenvalue weighted by Crippen LogP contribution is -2.53. The van der Waals surface area contributed by atoms with Crippen molar-refractivity contribution in [2.75, 3.05) is 13.2 Å². The van der Waals surface area contributed by atoms with Gasteiger partial charge in [0, 0.05) is 19.3 Å². The summed E-state index contributed by atoms with van der Waals surface area (Å²) in [5.41, 5.74) is -0.877. The van der Waals surface area contributed by atoms with Gasteiger partial charge in [-0.05, 0) is 46.0 Å². The molecule has 2 N–H and O–H groups in total. The van der Waals surface area contributed by atoms with Crippen molar-refractivity contribution in [2.45, 2.75) is 51.6 Å². The largest absolute Gasteiger partial charge is 0.480 e. The van der Waals surface area contributed by atoms with Crippen LogP contribution in [-0.4, -0.2) is 35.9 Å². The van der Waals surface area contributed by atoms with E-state index < -0.39 is 11.5 Å². The van der Waals surface area contributed by atoms with Crippen LogP contribution in [0.3, 0.4) is 0 Å². The Morgan fingerprint density at radius 1 is 1.56 bits per heavy atom. The Bertz CT molecular complexity index is 238. The highest BCUT2D eigenvalue weighted by atomic mass is 16.5. The van der Waals surface area contributed by atoms with Gasteiger partial charge < -0.3 is 9.84 Å². The second kappa shape index (κ2) is 5.64. The Morgan fingerprint density at radius 3 is 2.62 bits per heavy atom. The molecule has 0 bridgehead atoms. The zero-order valence-corrected chi connectivity index (χ0v) is 10.5. The van der Waals surface area contributed by atoms with E-state index in [1.54, 1.807) is 6.92 Å². The molecule has 0 aromatic rings. The summed E-state index contributed by atoms with van der Waals surface area (Å²) in [7, 11) is 0. The summed E-state index contributed by atoms with van der Waals surface area (Å²) in [5, 5.41) is 12.3. The fourth-order valence-corrected chi connectivity index (χ4v) is 1.69. The smallest absolute Gasteiger partial charge is 0.323 e. The number of hydrogen-bond acceptors (Lipinski definition) is 3. The third-order valence-electron chi connectivity index (χ3n) is 2.88. The number of hydrogen-bond donors (Lipinski definition) is 2. The van der Waals surface area contributed by atoms with Gasteiger partial charge in [-0.2, -0.15) is 0 Å². The molecule has 4 nitrogen and oxygen atoms in total. The quantitative estimate of drug-likeness (QED) is 0.621. The lowest BCUT2D eigenvalue weighted by Gasteiger charge is -2.28. The Balaban J connectivity index is 2.27. The lowest BCUT2D eigenvalue weighted by atomic mass is 9.97. The van der Waals surface area contributed by atoms with E-state index in [1.807, 2.05) is 13.8 Å². The molecule has 0 radical (unpaired) electrons. The molecule has 1 rings (SSSR count). The Kier molecular flexibility index (Phi) is 4.74. The fraction of sp³-hybridized carbons (Fsp3) is 0.917. The molecule has 0 saturated heterocycles. The molecule has 1 aliphatic rings. The Labute approximate surface area is 97.4 Å². The van der Waals surface area contributed by atoms with Gasteiger partial charge in [-0.1, -0.05) is 0 Å². The van der Waals surface area contributed by atoms with Crippen LogP contribution in [0.25, 0.3) is 0 Å². The second-order valence-electron chi connectivity index (χ2n) is 5.20. The van der Waals surface area contributed by atoms with Gasteiger partial charge in [0.1, 0.15) is 5.54 Å². The average molecular weight is 229 g/mol. The monoisotopic (exact) mass is 229 g/mol. The molecular weight excluding hydrogens is 206 g/mol. The predicted molar refractivity (Wildman–Crippen MR) is 62.5 cm³/mol. The van der Waals surface area contributed by atoms with Crippen LogP contribution in [0, 0.1) is 5.92 Å². The lowest BCUT2D eigenvalue weighted by molar-refractivity contribution is -0.145. The molecule has 1 fully saturated rings. The first-order valence-corrected chi connectivity index (χ1v) is 6.03. The van der Waals surface area contributed by atoms with Crippen molar-refractivity contribution in [3.05, 3.63) is 0 Å². The standard InChI is InChI=1S/C12H23NO3/c1-9(2)13-12(3,11(14)15)6-7-16-8-10-4-5-10/h9-10,13H,4-8H2,1-3H3,(H,14,15). The van der Waals surface area contributed by atoms with Gasteiger partial charge in [-0.15, -0.1) is 0 Å². The molecule has 0 spiro atoms. The van der Waals surface area contributed by atoms with Gasteiger partial charge in [-0.25, -0.2) is 0 Å². The molecule has 94 valence electrons. The number of carbonyl (C=O) groups is 1. The number of aliphatic carboxylic acids is 1. The number of ether oxygens (including phenoxy) is 1. The van der Waals surface area contributed by atoms with Gasteiger partial charge in [0.25, 0.3) is 0 Å². The first-order chi connectivity index (χ1) is 7.44. The summed E-state index contributed by atoms with van der Waals surface area (Å²) >= 11 is 0. The molecule has 1 atom stereocenters. The SMILES string of the molecule is CC(C)NC(C)(CCOCC1CC1)C(=O)O. The van der Waals surface area contributed by atoms with Crippen molar-refractivity contribution >= 4 is 5.97 Å². The third-order valence-corrected chi connectivity index (χ3v) is 2.88. The minimum absolute atomic E-state index is 0.157. The van der Waals surface area contributed by atoms with Crippen LogP contribution in [0.1, 0.15) is 40.0 Å². The van der Waals surface area contributed by atoms with E-state index in [2.05, 4.69) is 5.32 Å². The molecule has 1 unspecified atom stereocenters. The molecule has 0 aliphatic heterocycles. The molecule has 0 amide bonds. The maximum atomic E-state index is 11.2. The highest BCUT2D eigenvalue weighted by Crippen LogP contribution is 2.28. The summed E-state index contributed by atoms with van der Waals surface area (Å²) in [4.78, 5) is 11.2. The summed E-state index contributed by atoms with van der Waals surface area (Å²) in [6, 6.07) is 0.157. The van der Waals surface area contributed by atoms with Crippen molar-refractivity contribution in [2.24, 2.45) is 5.92 Å². The molecular formula is C12H23NO3. The van der Waals surface area contributed by atoms with E-state index in [0.29, 0.717) is 13.0 Å². The van der Waals surface area contributed by atoms with Crippen LogP contribution in [0.2, 0.25) is 0 Å². The minimum atomic E-state index is -0.877. The van der Waals surface area contributed by atoms with Crippen LogP contribution < -0.4 is 5.32 Å². The molecule has 0 aromatic carbocycles. The number of carboxylic acids is 1. The average Bonchev–Trinajstić information content (AvgIpc) is 2.94. The van der Waals surface area contributed by atoms with Crippen LogP contribution in [0.5, 0.6) is 0 Å². The van der Waals surface area contributed by atoms with E-state index in [9.17, 15) is 9.90 Å². The Morgan fingerprint density at radius 2 is 2.19 bits per heavy atom. The van der Waals surface area contributed by atoms with E-state index in [0.717, 1.165) is 12.5 Å². The molecule has 1 saturated carbocycles. The van der Waals surface area contributed by atoms with Gasteiger partial charge >= 0.3 is 5.97 Å². The fourth-order valence-electron chi connectivity index (χ4n) is 1.69. The third kappa shape index (κ3) is 4.49. The highest BCUT2D eigenvalue weighted by Gasteiger charge is 2.33. The van der Waals surface area contributed by atoms with Crippen molar-refractivity contribution in [3.8, 4) is 0 Å². The van der Waals surface area contributed by atoms with E-state index in [4.69, 9.17) is 4.74 Å². The first kappa shape index (κ1) is 13.5. The van der Waals surface area contributed by atoms with Gasteiger partial charge in [0.05, 0.1) is 0 Å². The van der Waals surface area contributed by atoms with Crippen LogP contribution in [0.4, 0.5) is 0 Å². The normalized spacial score (nSPS) is 19.8. The maximum absolute atomic E-state index is 11.2. The summed E-state index contributed by atoms with van der Waals surface area (Å²) in [6.45, 7) is 6.92. The molecule has 0 heterocycles. The van der Waals surface area contributed by atoms with Crippen molar-refractivity contribution in [1.29, 1.82) is 0 Å². The maximum Gasteiger partial charge on any atom is 0.323 e. The van der Waals surface area contributed by atoms with E-state index in [-0.39, 0.29) is 6.04 Å². The predicted octanol–water partition coefficient (Wildman–Crippen LogP) is 1.64. The molecule has 4 heteroatoms. The minimum Gasteiger partial charge on any atom is -0.480 e.